The molecule has 1 unspecified atom stereocenters. The van der Waals surface area contributed by atoms with Crippen molar-refractivity contribution in [2.75, 3.05) is 0 Å². The van der Waals surface area contributed by atoms with E-state index < -0.39 is 17.3 Å². The van der Waals surface area contributed by atoms with Crippen molar-refractivity contribution in [2.24, 2.45) is 0 Å². The Hall–Kier alpha value is -1.33. The molecule has 1 N–H and O–H groups in total. The molecule has 0 aliphatic carbocycles. The molecule has 0 bridgehead atoms. The van der Waals surface area contributed by atoms with E-state index in [-0.39, 0.29) is 0 Å². The minimum atomic E-state index is -4.38. The van der Waals surface area contributed by atoms with Crippen molar-refractivity contribution < 1.29 is 18.3 Å². The fourth-order valence-electron chi connectivity index (χ4n) is 2.33. The fraction of sp³-hybridized carbons (Fsp3) is 0.250. The molecule has 112 valence electrons. The number of rotatable bonds is 2. The zero-order chi connectivity index (χ0) is 15.8. The molecule has 0 saturated carbocycles. The summed E-state index contributed by atoms with van der Waals surface area (Å²) in [5.41, 5.74) is -0.616. The van der Waals surface area contributed by atoms with Crippen LogP contribution in [0.2, 0.25) is 0 Å². The van der Waals surface area contributed by atoms with Gasteiger partial charge >= 0.3 is 6.18 Å². The van der Waals surface area contributed by atoms with Crippen molar-refractivity contribution in [1.82, 2.24) is 0 Å². The van der Waals surface area contributed by atoms with Crippen LogP contribution in [0.4, 0.5) is 13.2 Å². The van der Waals surface area contributed by atoms with Crippen LogP contribution >= 0.6 is 15.9 Å². The van der Waals surface area contributed by atoms with E-state index in [9.17, 15) is 18.3 Å². The number of hydrogen-bond acceptors (Lipinski definition) is 1. The summed E-state index contributed by atoms with van der Waals surface area (Å²) in [6, 6.07) is 10.5. The summed E-state index contributed by atoms with van der Waals surface area (Å²) in [6.45, 7) is 3.14. The molecule has 0 aromatic heterocycles. The highest BCUT2D eigenvalue weighted by molar-refractivity contribution is 9.10. The molecule has 1 atom stereocenters. The van der Waals surface area contributed by atoms with E-state index in [1.807, 2.05) is 6.07 Å². The second-order valence-corrected chi connectivity index (χ2v) is 6.03. The highest BCUT2D eigenvalue weighted by atomic mass is 79.9. The van der Waals surface area contributed by atoms with Gasteiger partial charge in [0.2, 0.25) is 0 Å². The maximum Gasteiger partial charge on any atom is 0.416 e. The van der Waals surface area contributed by atoms with Crippen molar-refractivity contribution in [3.05, 3.63) is 69.2 Å². The highest BCUT2D eigenvalue weighted by Crippen LogP contribution is 2.36. The van der Waals surface area contributed by atoms with Crippen molar-refractivity contribution in [3.63, 3.8) is 0 Å². The first-order valence-electron chi connectivity index (χ1n) is 6.29. The molecule has 5 heteroatoms. The topological polar surface area (TPSA) is 20.2 Å². The summed E-state index contributed by atoms with van der Waals surface area (Å²) < 4.78 is 38.9. The van der Waals surface area contributed by atoms with Crippen molar-refractivity contribution >= 4 is 15.9 Å². The summed E-state index contributed by atoms with van der Waals surface area (Å²) in [5.74, 6) is 0. The number of aliphatic hydroxyl groups is 1. The molecule has 2 aromatic rings. The molecule has 0 fully saturated rings. The van der Waals surface area contributed by atoms with E-state index in [0.29, 0.717) is 16.7 Å². The van der Waals surface area contributed by atoms with Gasteiger partial charge in [0.25, 0.3) is 0 Å². The third-order valence-corrected chi connectivity index (χ3v) is 3.96. The SMILES string of the molecule is Cc1cc(C(F)(F)F)ccc1C(C)(O)c1cccc(Br)c1. The lowest BCUT2D eigenvalue weighted by atomic mass is 9.85. The molecular formula is C16H14BrF3O. The van der Waals surface area contributed by atoms with Crippen molar-refractivity contribution in [1.29, 1.82) is 0 Å². The Balaban J connectivity index is 2.50. The lowest BCUT2D eigenvalue weighted by Crippen LogP contribution is -2.24. The smallest absolute Gasteiger partial charge is 0.381 e. The van der Waals surface area contributed by atoms with Crippen molar-refractivity contribution in [2.45, 2.75) is 25.6 Å². The lowest BCUT2D eigenvalue weighted by molar-refractivity contribution is -0.137. The van der Waals surface area contributed by atoms with Gasteiger partial charge in [0.05, 0.1) is 5.56 Å². The third-order valence-electron chi connectivity index (χ3n) is 3.46. The van der Waals surface area contributed by atoms with Crippen molar-refractivity contribution in [3.8, 4) is 0 Å². The van der Waals surface area contributed by atoms with E-state index in [0.717, 1.165) is 16.6 Å². The predicted octanol–water partition coefficient (Wildman–Crippen LogP) is 5.03. The van der Waals surface area contributed by atoms with E-state index in [2.05, 4.69) is 15.9 Å². The number of benzene rings is 2. The second-order valence-electron chi connectivity index (χ2n) is 5.11. The molecule has 0 aliphatic heterocycles. The van der Waals surface area contributed by atoms with Gasteiger partial charge in [-0.15, -0.1) is 0 Å². The molecule has 2 rings (SSSR count). The van der Waals surface area contributed by atoms with Gasteiger partial charge in [-0.25, -0.2) is 0 Å². The fourth-order valence-corrected chi connectivity index (χ4v) is 2.73. The molecule has 0 spiro atoms. The Morgan fingerprint density at radius 2 is 1.67 bits per heavy atom. The van der Waals surface area contributed by atoms with Gasteiger partial charge in [-0.1, -0.05) is 34.1 Å². The number of aryl methyl sites for hydroxylation is 1. The molecule has 1 nitrogen and oxygen atoms in total. The van der Waals surface area contributed by atoms with Crippen LogP contribution in [-0.2, 0) is 11.8 Å². The Bertz CT molecular complexity index is 663. The normalized spacial score (nSPS) is 14.8. The predicted molar refractivity (Wildman–Crippen MR) is 79.0 cm³/mol. The number of alkyl halides is 3. The monoisotopic (exact) mass is 358 g/mol. The van der Waals surface area contributed by atoms with Crippen LogP contribution in [0.5, 0.6) is 0 Å². The number of halogens is 4. The van der Waals surface area contributed by atoms with Gasteiger partial charge in [0, 0.05) is 4.47 Å². The molecule has 0 radical (unpaired) electrons. The molecular weight excluding hydrogens is 345 g/mol. The first-order valence-corrected chi connectivity index (χ1v) is 7.08. The third kappa shape index (κ3) is 3.30. The first kappa shape index (κ1) is 16.0. The summed E-state index contributed by atoms with van der Waals surface area (Å²) in [5, 5.41) is 10.8. The van der Waals surface area contributed by atoms with E-state index in [1.165, 1.54) is 6.07 Å². The zero-order valence-electron chi connectivity index (χ0n) is 11.5. The second kappa shape index (κ2) is 5.46. The molecule has 2 aromatic carbocycles. The van der Waals surface area contributed by atoms with Crippen LogP contribution in [0.15, 0.2) is 46.9 Å². The number of hydrogen-bond donors (Lipinski definition) is 1. The summed E-state index contributed by atoms with van der Waals surface area (Å²) in [6.07, 6.45) is -4.38. The highest BCUT2D eigenvalue weighted by Gasteiger charge is 2.33. The minimum absolute atomic E-state index is 0.398. The van der Waals surface area contributed by atoms with E-state index in [4.69, 9.17) is 0 Å². The standard InChI is InChI=1S/C16H14BrF3O/c1-10-8-12(16(18,19)20)6-7-14(10)15(2,21)11-4-3-5-13(17)9-11/h3-9,21H,1-2H3. The summed E-state index contributed by atoms with van der Waals surface area (Å²) in [4.78, 5) is 0. The van der Waals surface area contributed by atoms with Crippen LogP contribution < -0.4 is 0 Å². The zero-order valence-corrected chi connectivity index (χ0v) is 13.1. The van der Waals surface area contributed by atoms with Gasteiger partial charge in [0.1, 0.15) is 5.60 Å². The Labute approximate surface area is 129 Å². The average Bonchev–Trinajstić information content (AvgIpc) is 2.37. The Kier molecular flexibility index (Phi) is 4.17. The largest absolute Gasteiger partial charge is 0.416 e. The average molecular weight is 359 g/mol. The van der Waals surface area contributed by atoms with Crippen LogP contribution in [0, 0.1) is 6.92 Å². The van der Waals surface area contributed by atoms with Gasteiger partial charge in [-0.2, -0.15) is 13.2 Å². The Morgan fingerprint density at radius 3 is 2.19 bits per heavy atom. The van der Waals surface area contributed by atoms with Gasteiger partial charge in [-0.3, -0.25) is 0 Å². The van der Waals surface area contributed by atoms with E-state index in [1.54, 1.807) is 32.0 Å². The first-order chi connectivity index (χ1) is 9.62. The molecule has 21 heavy (non-hydrogen) atoms. The van der Waals surface area contributed by atoms with Crippen LogP contribution in [0.3, 0.4) is 0 Å². The minimum Gasteiger partial charge on any atom is -0.381 e. The molecule has 0 aliphatic rings. The Morgan fingerprint density at radius 1 is 1.00 bits per heavy atom. The molecule has 0 saturated heterocycles. The summed E-state index contributed by atoms with van der Waals surface area (Å²) >= 11 is 3.32. The maximum atomic E-state index is 12.7. The van der Waals surface area contributed by atoms with Crippen LogP contribution in [0.1, 0.15) is 29.2 Å². The van der Waals surface area contributed by atoms with Crippen LogP contribution in [-0.4, -0.2) is 5.11 Å². The lowest BCUT2D eigenvalue weighted by Gasteiger charge is -2.27. The van der Waals surface area contributed by atoms with Crippen LogP contribution in [0.25, 0.3) is 0 Å². The summed E-state index contributed by atoms with van der Waals surface area (Å²) in [7, 11) is 0. The molecule has 0 amide bonds. The quantitative estimate of drug-likeness (QED) is 0.797. The van der Waals surface area contributed by atoms with Gasteiger partial charge in [-0.05, 0) is 54.8 Å². The maximum absolute atomic E-state index is 12.7. The van der Waals surface area contributed by atoms with Gasteiger partial charge < -0.3 is 5.11 Å². The van der Waals surface area contributed by atoms with E-state index >= 15 is 0 Å². The van der Waals surface area contributed by atoms with Gasteiger partial charge in [0.15, 0.2) is 0 Å². The molecule has 0 heterocycles.